The van der Waals surface area contributed by atoms with Gasteiger partial charge in [-0.3, -0.25) is 0 Å². The molecule has 0 saturated carbocycles. The largest absolute Gasteiger partial charge is 0.467 e. The van der Waals surface area contributed by atoms with Crippen LogP contribution < -0.4 is 4.74 Å². The summed E-state index contributed by atoms with van der Waals surface area (Å²) in [5, 5.41) is 0. The van der Waals surface area contributed by atoms with E-state index in [1.807, 2.05) is 0 Å². The lowest BCUT2D eigenvalue weighted by atomic mass is 10.1. The van der Waals surface area contributed by atoms with E-state index in [1.54, 1.807) is 0 Å². The Balaban J connectivity index is 2.79. The smallest absolute Gasteiger partial charge is 0.345 e. The molecule has 0 aromatic carbocycles. The summed E-state index contributed by atoms with van der Waals surface area (Å²) in [7, 11) is 2.64. The van der Waals surface area contributed by atoms with Crippen molar-refractivity contribution in [3.8, 4) is 6.01 Å². The van der Waals surface area contributed by atoms with Gasteiger partial charge in [0.05, 0.1) is 14.2 Å². The van der Waals surface area contributed by atoms with E-state index in [2.05, 4.69) is 14.7 Å². The van der Waals surface area contributed by atoms with Gasteiger partial charge in [-0.2, -0.15) is 0 Å². The Morgan fingerprint density at radius 1 is 1.38 bits per heavy atom. The summed E-state index contributed by atoms with van der Waals surface area (Å²) < 4.78 is 9.19. The normalized spacial score (nSPS) is 9.12. The zero-order valence-corrected chi connectivity index (χ0v) is 8.89. The highest BCUT2D eigenvalue weighted by molar-refractivity contribution is 5.97. The first kappa shape index (κ1) is 11.9. The molecular weight excluding hydrogens is 212 g/mol. The van der Waals surface area contributed by atoms with E-state index in [-0.39, 0.29) is 18.0 Å². The second kappa shape index (κ2) is 5.63. The van der Waals surface area contributed by atoms with Gasteiger partial charge in [0.25, 0.3) is 0 Å². The van der Waals surface area contributed by atoms with E-state index in [0.717, 1.165) is 0 Å². The predicted molar refractivity (Wildman–Crippen MR) is 53.5 cm³/mol. The molecule has 0 saturated heterocycles. The molecular formula is C10H10N2O4. The quantitative estimate of drug-likeness (QED) is 0.404. The molecule has 0 aliphatic carbocycles. The van der Waals surface area contributed by atoms with Crippen molar-refractivity contribution in [3.63, 3.8) is 0 Å². The van der Waals surface area contributed by atoms with Crippen LogP contribution in [-0.2, 0) is 20.7 Å². The number of hydrogen-bond acceptors (Lipinski definition) is 6. The first-order valence-electron chi connectivity index (χ1n) is 4.38. The lowest BCUT2D eigenvalue weighted by molar-refractivity contribution is -0.136. The van der Waals surface area contributed by atoms with E-state index in [1.165, 1.54) is 32.6 Å². The van der Waals surface area contributed by atoms with Crippen molar-refractivity contribution in [3.05, 3.63) is 23.5 Å². The molecule has 1 aromatic heterocycles. The summed E-state index contributed by atoms with van der Waals surface area (Å²) in [4.78, 5) is 29.3. The summed E-state index contributed by atoms with van der Waals surface area (Å²) >= 11 is 0. The van der Waals surface area contributed by atoms with Crippen molar-refractivity contribution in [1.29, 1.82) is 0 Å². The summed E-state index contributed by atoms with van der Waals surface area (Å²) in [5.41, 5.74) is 0.501. The molecule has 0 bridgehead atoms. The Labute approximate surface area is 91.9 Å². The van der Waals surface area contributed by atoms with Crippen LogP contribution in [0.1, 0.15) is 5.56 Å². The maximum Gasteiger partial charge on any atom is 0.345 e. The van der Waals surface area contributed by atoms with Gasteiger partial charge in [-0.05, 0) is 5.56 Å². The molecule has 0 unspecified atom stereocenters. The van der Waals surface area contributed by atoms with E-state index < -0.39 is 5.97 Å². The molecule has 0 aliphatic heterocycles. The van der Waals surface area contributed by atoms with Crippen molar-refractivity contribution in [2.45, 2.75) is 6.42 Å². The summed E-state index contributed by atoms with van der Waals surface area (Å²) in [6, 6.07) is 0.221. The minimum atomic E-state index is -0.703. The molecule has 6 heteroatoms. The first-order valence-corrected chi connectivity index (χ1v) is 4.38. The molecule has 0 fully saturated rings. The van der Waals surface area contributed by atoms with Crippen molar-refractivity contribution in [2.75, 3.05) is 14.2 Å². The number of hydrogen-bond donors (Lipinski definition) is 0. The summed E-state index contributed by atoms with van der Waals surface area (Å²) in [6.45, 7) is 0. The van der Waals surface area contributed by atoms with Crippen molar-refractivity contribution < 1.29 is 19.1 Å². The fraction of sp³-hybridized carbons (Fsp3) is 0.300. The third kappa shape index (κ3) is 2.90. The molecule has 1 rings (SSSR count). The Morgan fingerprint density at radius 2 is 2.00 bits per heavy atom. The monoisotopic (exact) mass is 222 g/mol. The van der Waals surface area contributed by atoms with Gasteiger partial charge in [0.1, 0.15) is 11.5 Å². The highest BCUT2D eigenvalue weighted by atomic mass is 16.5. The Bertz CT molecular complexity index is 421. The Morgan fingerprint density at radius 3 is 2.44 bits per heavy atom. The number of rotatable bonds is 4. The molecule has 1 heterocycles. The van der Waals surface area contributed by atoms with Crippen molar-refractivity contribution in [1.82, 2.24) is 9.97 Å². The van der Waals surface area contributed by atoms with Crippen molar-refractivity contribution in [2.24, 2.45) is 0 Å². The van der Waals surface area contributed by atoms with Crippen LogP contribution >= 0.6 is 0 Å². The van der Waals surface area contributed by atoms with Gasteiger partial charge in [0, 0.05) is 18.8 Å². The molecule has 6 nitrogen and oxygen atoms in total. The van der Waals surface area contributed by atoms with Gasteiger partial charge in [0.2, 0.25) is 0 Å². The van der Waals surface area contributed by atoms with Gasteiger partial charge in [0.15, 0.2) is 0 Å². The highest BCUT2D eigenvalue weighted by Crippen LogP contribution is 2.07. The highest BCUT2D eigenvalue weighted by Gasteiger charge is 2.12. The second-order valence-corrected chi connectivity index (χ2v) is 2.83. The van der Waals surface area contributed by atoms with Crippen molar-refractivity contribution >= 4 is 11.9 Å². The third-order valence-electron chi connectivity index (χ3n) is 1.80. The maximum atomic E-state index is 11.1. The number of ether oxygens (including phenoxy) is 2. The number of esters is 1. The molecule has 0 aliphatic rings. The van der Waals surface area contributed by atoms with Crippen LogP contribution in [0.15, 0.2) is 18.0 Å². The van der Waals surface area contributed by atoms with Crippen LogP contribution in [0.25, 0.3) is 0 Å². The lowest BCUT2D eigenvalue weighted by Crippen LogP contribution is -2.08. The topological polar surface area (TPSA) is 78.4 Å². The second-order valence-electron chi connectivity index (χ2n) is 2.83. The zero-order valence-electron chi connectivity index (χ0n) is 8.89. The number of carbonyl (C=O) groups is 1. The van der Waals surface area contributed by atoms with Crippen LogP contribution in [-0.4, -0.2) is 36.1 Å². The van der Waals surface area contributed by atoms with Gasteiger partial charge in [-0.1, -0.05) is 0 Å². The molecule has 84 valence electrons. The fourth-order valence-corrected chi connectivity index (χ4v) is 1.02. The third-order valence-corrected chi connectivity index (χ3v) is 1.80. The SMILES string of the molecule is COC(=O)C(=C=O)Cc1cnc(OC)nc1. The average molecular weight is 222 g/mol. The van der Waals surface area contributed by atoms with E-state index >= 15 is 0 Å². The average Bonchev–Trinajstić information content (AvgIpc) is 2.35. The summed E-state index contributed by atoms with van der Waals surface area (Å²) in [5.74, 6) is 0.832. The fourth-order valence-electron chi connectivity index (χ4n) is 1.02. The van der Waals surface area contributed by atoms with Crippen LogP contribution in [0.5, 0.6) is 6.01 Å². The first-order chi connectivity index (χ1) is 7.71. The minimum absolute atomic E-state index is 0.0835. The number of carbonyl (C=O) groups excluding carboxylic acids is 2. The van der Waals surface area contributed by atoms with E-state index in [4.69, 9.17) is 4.74 Å². The van der Waals surface area contributed by atoms with Gasteiger partial charge in [-0.15, -0.1) is 0 Å². The van der Waals surface area contributed by atoms with E-state index in [9.17, 15) is 9.59 Å². The molecule has 0 spiro atoms. The van der Waals surface area contributed by atoms with Crippen LogP contribution in [0, 0.1) is 0 Å². The molecule has 0 N–H and O–H groups in total. The standard InChI is InChI=1S/C10H10N2O4/c1-15-9(14)8(6-13)3-7-4-11-10(16-2)12-5-7/h4-5H,3H2,1-2H3. The van der Waals surface area contributed by atoms with Crippen LogP contribution in [0.4, 0.5) is 0 Å². The van der Waals surface area contributed by atoms with Gasteiger partial charge in [-0.25, -0.2) is 19.6 Å². The predicted octanol–water partition coefficient (Wildman–Crippen LogP) is -0.0413. The van der Waals surface area contributed by atoms with Gasteiger partial charge >= 0.3 is 12.0 Å². The van der Waals surface area contributed by atoms with Crippen LogP contribution in [0.2, 0.25) is 0 Å². The summed E-state index contributed by atoms with van der Waals surface area (Å²) in [6.07, 6.45) is 3.01. The molecule has 1 aromatic rings. The Kier molecular flexibility index (Phi) is 4.17. The molecule has 0 atom stereocenters. The zero-order chi connectivity index (χ0) is 12.0. The number of nitrogens with zero attached hydrogens (tertiary/aromatic N) is 2. The Hall–Kier alpha value is -2.20. The number of methoxy groups -OCH3 is 2. The lowest BCUT2D eigenvalue weighted by Gasteiger charge is -2.01. The minimum Gasteiger partial charge on any atom is -0.467 e. The maximum absolute atomic E-state index is 11.1. The van der Waals surface area contributed by atoms with Crippen LogP contribution in [0.3, 0.4) is 0 Å². The molecule has 16 heavy (non-hydrogen) atoms. The molecule has 0 amide bonds. The molecule has 0 radical (unpaired) electrons. The number of aromatic nitrogens is 2. The van der Waals surface area contributed by atoms with Gasteiger partial charge < -0.3 is 9.47 Å². The van der Waals surface area contributed by atoms with E-state index in [0.29, 0.717) is 5.56 Å².